The number of hydrogen-bond acceptors (Lipinski definition) is 8. The molecule has 1 aliphatic heterocycles. The minimum Gasteiger partial charge on any atom is -0.508 e. The van der Waals surface area contributed by atoms with E-state index in [0.717, 1.165) is 6.08 Å². The van der Waals surface area contributed by atoms with E-state index in [1.165, 1.54) is 18.2 Å². The van der Waals surface area contributed by atoms with Crippen LogP contribution in [0.1, 0.15) is 5.56 Å². The largest absolute Gasteiger partial charge is 0.508 e. The van der Waals surface area contributed by atoms with E-state index in [1.807, 2.05) is 0 Å². The second kappa shape index (κ2) is 7.53. The van der Waals surface area contributed by atoms with Crippen molar-refractivity contribution in [3.05, 3.63) is 35.9 Å². The first-order valence-corrected chi connectivity index (χ1v) is 6.90. The molecule has 1 fully saturated rings. The van der Waals surface area contributed by atoms with Crippen LogP contribution in [0, 0.1) is 0 Å². The molecule has 0 radical (unpaired) electrons. The van der Waals surface area contributed by atoms with Gasteiger partial charge in [0.05, 0.1) is 6.61 Å². The van der Waals surface area contributed by atoms with Crippen LogP contribution < -0.4 is 0 Å². The molecule has 0 saturated carbocycles. The molecule has 23 heavy (non-hydrogen) atoms. The second-order valence-electron chi connectivity index (χ2n) is 5.06. The van der Waals surface area contributed by atoms with Gasteiger partial charge in [-0.25, -0.2) is 4.79 Å². The lowest BCUT2D eigenvalue weighted by Gasteiger charge is -2.38. The highest BCUT2D eigenvalue weighted by atomic mass is 16.7. The van der Waals surface area contributed by atoms with Gasteiger partial charge in [-0.2, -0.15) is 0 Å². The van der Waals surface area contributed by atoms with Crippen LogP contribution in [0.5, 0.6) is 5.75 Å². The van der Waals surface area contributed by atoms with Crippen LogP contribution in [-0.2, 0) is 14.3 Å². The van der Waals surface area contributed by atoms with Crippen molar-refractivity contribution in [1.29, 1.82) is 0 Å². The maximum atomic E-state index is 11.7. The molecule has 0 amide bonds. The summed E-state index contributed by atoms with van der Waals surface area (Å²) < 4.78 is 9.92. The number of aromatic hydroxyl groups is 1. The van der Waals surface area contributed by atoms with Gasteiger partial charge in [-0.15, -0.1) is 0 Å². The molecule has 1 aromatic carbocycles. The predicted molar refractivity (Wildman–Crippen MR) is 77.0 cm³/mol. The SMILES string of the molecule is O=C(/C=C/c1ccc(O)cc1)O[C@H]1O[C@@H](CO)[C@H](O)[C@@H](O)[C@@H]1O. The minimum atomic E-state index is -1.64. The number of phenols is 1. The Kier molecular flexibility index (Phi) is 5.69. The first-order chi connectivity index (χ1) is 10.9. The maximum Gasteiger partial charge on any atom is 0.333 e. The summed E-state index contributed by atoms with van der Waals surface area (Å²) >= 11 is 0. The molecule has 126 valence electrons. The van der Waals surface area contributed by atoms with Gasteiger partial charge in [0.2, 0.25) is 6.29 Å². The number of phenolic OH excluding ortho intramolecular Hbond substituents is 1. The number of aliphatic hydroxyl groups is 4. The van der Waals surface area contributed by atoms with Gasteiger partial charge in [0, 0.05) is 6.08 Å². The first kappa shape index (κ1) is 17.4. The number of carbonyl (C=O) groups excluding carboxylic acids is 1. The van der Waals surface area contributed by atoms with Gasteiger partial charge < -0.3 is 35.0 Å². The quantitative estimate of drug-likeness (QED) is 0.342. The zero-order chi connectivity index (χ0) is 17.0. The number of hydrogen-bond donors (Lipinski definition) is 5. The molecular formula is C15H18O8. The Balaban J connectivity index is 1.97. The van der Waals surface area contributed by atoms with Gasteiger partial charge in [0.1, 0.15) is 30.2 Å². The van der Waals surface area contributed by atoms with E-state index in [-0.39, 0.29) is 5.75 Å². The van der Waals surface area contributed by atoms with Crippen molar-refractivity contribution in [3.8, 4) is 5.75 Å². The molecule has 1 aromatic rings. The minimum absolute atomic E-state index is 0.0889. The molecule has 2 rings (SSSR count). The highest BCUT2D eigenvalue weighted by Crippen LogP contribution is 2.22. The lowest BCUT2D eigenvalue weighted by Crippen LogP contribution is -2.59. The van der Waals surface area contributed by atoms with Crippen molar-refractivity contribution in [1.82, 2.24) is 0 Å². The second-order valence-corrected chi connectivity index (χ2v) is 5.06. The van der Waals surface area contributed by atoms with Crippen LogP contribution >= 0.6 is 0 Å². The summed E-state index contributed by atoms with van der Waals surface area (Å²) in [6.07, 6.45) is -4.93. The van der Waals surface area contributed by atoms with Gasteiger partial charge in [-0.3, -0.25) is 0 Å². The molecule has 8 nitrogen and oxygen atoms in total. The molecule has 0 unspecified atom stereocenters. The van der Waals surface area contributed by atoms with Crippen molar-refractivity contribution in [3.63, 3.8) is 0 Å². The van der Waals surface area contributed by atoms with Crippen LogP contribution in [0.3, 0.4) is 0 Å². The Hall–Kier alpha value is -1.97. The maximum absolute atomic E-state index is 11.7. The first-order valence-electron chi connectivity index (χ1n) is 6.90. The van der Waals surface area contributed by atoms with E-state index in [0.29, 0.717) is 5.56 Å². The Bertz CT molecular complexity index is 553. The third-order valence-corrected chi connectivity index (χ3v) is 3.39. The summed E-state index contributed by atoms with van der Waals surface area (Å²) in [5.74, 6) is -0.756. The third kappa shape index (κ3) is 4.27. The molecule has 0 aromatic heterocycles. The molecule has 5 atom stereocenters. The zero-order valence-corrected chi connectivity index (χ0v) is 12.0. The van der Waals surface area contributed by atoms with Crippen molar-refractivity contribution >= 4 is 12.0 Å². The number of aliphatic hydroxyl groups excluding tert-OH is 4. The van der Waals surface area contributed by atoms with Crippen LogP contribution in [-0.4, -0.2) is 68.8 Å². The summed E-state index contributed by atoms with van der Waals surface area (Å²) in [7, 11) is 0. The number of esters is 1. The molecule has 5 N–H and O–H groups in total. The van der Waals surface area contributed by atoms with Gasteiger partial charge in [0.25, 0.3) is 0 Å². The van der Waals surface area contributed by atoms with Crippen molar-refractivity contribution in [2.24, 2.45) is 0 Å². The average Bonchev–Trinajstić information content (AvgIpc) is 2.55. The fourth-order valence-corrected chi connectivity index (χ4v) is 2.07. The summed E-state index contributed by atoms with van der Waals surface area (Å²) in [6.45, 7) is -0.609. The van der Waals surface area contributed by atoms with E-state index in [4.69, 9.17) is 19.7 Å². The van der Waals surface area contributed by atoms with Crippen molar-refractivity contribution in [2.45, 2.75) is 30.7 Å². The zero-order valence-electron chi connectivity index (χ0n) is 12.0. The number of rotatable bonds is 4. The lowest BCUT2D eigenvalue weighted by molar-refractivity contribution is -0.291. The van der Waals surface area contributed by atoms with Crippen LogP contribution in [0.25, 0.3) is 6.08 Å². The summed E-state index contributed by atoms with van der Waals surface area (Å²) in [5.41, 5.74) is 0.633. The highest BCUT2D eigenvalue weighted by molar-refractivity contribution is 5.87. The van der Waals surface area contributed by atoms with Gasteiger partial charge in [0.15, 0.2) is 0 Å². The highest BCUT2D eigenvalue weighted by Gasteiger charge is 2.45. The number of ether oxygens (including phenoxy) is 2. The molecular weight excluding hydrogens is 308 g/mol. The van der Waals surface area contributed by atoms with E-state index >= 15 is 0 Å². The fraction of sp³-hybridized carbons (Fsp3) is 0.400. The Morgan fingerprint density at radius 3 is 2.39 bits per heavy atom. The van der Waals surface area contributed by atoms with Crippen molar-refractivity contribution < 1.29 is 39.8 Å². The monoisotopic (exact) mass is 326 g/mol. The van der Waals surface area contributed by atoms with E-state index in [9.17, 15) is 20.1 Å². The third-order valence-electron chi connectivity index (χ3n) is 3.39. The lowest BCUT2D eigenvalue weighted by atomic mass is 9.99. The van der Waals surface area contributed by atoms with Crippen LogP contribution in [0.4, 0.5) is 0 Å². The summed E-state index contributed by atoms with van der Waals surface area (Å²) in [6, 6.07) is 6.05. The molecule has 1 aliphatic rings. The molecule has 0 aliphatic carbocycles. The Labute approximate surface area is 131 Å². The van der Waals surface area contributed by atoms with Crippen LogP contribution in [0.15, 0.2) is 30.3 Å². The number of carbonyl (C=O) groups is 1. The molecule has 1 heterocycles. The summed E-state index contributed by atoms with van der Waals surface area (Å²) in [5, 5.41) is 47.1. The predicted octanol–water partition coefficient (Wildman–Crippen LogP) is -1.25. The van der Waals surface area contributed by atoms with Gasteiger partial charge in [-0.05, 0) is 23.8 Å². The standard InChI is InChI=1S/C15H18O8/c16-7-10-12(19)13(20)14(21)15(22-10)23-11(18)6-3-8-1-4-9(17)5-2-8/h1-6,10,12-17,19-21H,7H2/b6-3+/t10-,12-,13+,14-,15+/m0/s1. The van der Waals surface area contributed by atoms with Gasteiger partial charge in [-0.1, -0.05) is 12.1 Å². The average molecular weight is 326 g/mol. The topological polar surface area (TPSA) is 137 Å². The van der Waals surface area contributed by atoms with E-state index in [1.54, 1.807) is 12.1 Å². The number of benzene rings is 1. The van der Waals surface area contributed by atoms with Crippen LogP contribution in [0.2, 0.25) is 0 Å². The summed E-state index contributed by atoms with van der Waals surface area (Å²) in [4.78, 5) is 11.7. The van der Waals surface area contributed by atoms with Gasteiger partial charge >= 0.3 is 5.97 Å². The smallest absolute Gasteiger partial charge is 0.333 e. The molecule has 1 saturated heterocycles. The van der Waals surface area contributed by atoms with E-state index < -0.39 is 43.3 Å². The normalized spacial score (nSPS) is 31.2. The van der Waals surface area contributed by atoms with Crippen molar-refractivity contribution in [2.75, 3.05) is 6.61 Å². The fourth-order valence-electron chi connectivity index (χ4n) is 2.07. The molecule has 0 bridgehead atoms. The molecule has 8 heteroatoms. The Morgan fingerprint density at radius 1 is 1.13 bits per heavy atom. The van der Waals surface area contributed by atoms with E-state index in [2.05, 4.69) is 0 Å². The molecule has 0 spiro atoms. The Morgan fingerprint density at radius 2 is 1.78 bits per heavy atom.